The molecule has 0 aliphatic carbocycles. The van der Waals surface area contributed by atoms with Gasteiger partial charge < -0.3 is 14.2 Å². The van der Waals surface area contributed by atoms with E-state index in [1.807, 2.05) is 19.9 Å². The van der Waals surface area contributed by atoms with Gasteiger partial charge in [-0.1, -0.05) is 35.5 Å². The number of nitrogens with one attached hydrogen (secondary N) is 1. The van der Waals surface area contributed by atoms with E-state index in [0.717, 1.165) is 17.3 Å². The van der Waals surface area contributed by atoms with Gasteiger partial charge in [0.1, 0.15) is 22.9 Å². The molecule has 0 fully saturated rings. The smallest absolute Gasteiger partial charge is 0.223 e. The highest BCUT2D eigenvalue weighted by Gasteiger charge is 2.27. The fraction of sp³-hybridized carbons (Fsp3) is 0.269. The molecule has 0 amide bonds. The molecule has 3 rings (SSSR count). The van der Waals surface area contributed by atoms with Gasteiger partial charge in [0.15, 0.2) is 0 Å². The predicted molar refractivity (Wildman–Crippen MR) is 140 cm³/mol. The highest BCUT2D eigenvalue weighted by molar-refractivity contribution is 8.14. The first-order chi connectivity index (χ1) is 16.9. The summed E-state index contributed by atoms with van der Waals surface area (Å²) < 4.78 is 16.8. The minimum Gasteiger partial charge on any atom is -0.496 e. The van der Waals surface area contributed by atoms with Crippen LogP contribution < -0.4 is 19.7 Å². The lowest BCUT2D eigenvalue weighted by Gasteiger charge is -2.22. The van der Waals surface area contributed by atoms with Crippen LogP contribution in [0.15, 0.2) is 59.3 Å². The summed E-state index contributed by atoms with van der Waals surface area (Å²) >= 11 is 1.13. The Morgan fingerprint density at radius 1 is 1.06 bits per heavy atom. The normalized spacial score (nSPS) is 11.5. The van der Waals surface area contributed by atoms with Crippen molar-refractivity contribution in [2.75, 3.05) is 26.8 Å². The Bertz CT molecular complexity index is 1270. The minimum atomic E-state index is -0.388. The third-order valence-electron chi connectivity index (χ3n) is 5.51. The number of para-hydroxylation sites is 1. The van der Waals surface area contributed by atoms with Gasteiger partial charge in [0, 0.05) is 10.8 Å². The summed E-state index contributed by atoms with van der Waals surface area (Å²) in [6, 6.07) is 11.8. The summed E-state index contributed by atoms with van der Waals surface area (Å²) in [6.07, 6.45) is 2.55. The SMILES string of the molecule is COc1ccccc1C(=O)SC(CC=C(C)C)c1cc(OC)c2c(NO)ccc(N=O)c2c1OC. The van der Waals surface area contributed by atoms with E-state index in [9.17, 15) is 14.9 Å². The molecular weight excluding hydrogens is 468 g/mol. The first-order valence-electron chi connectivity index (χ1n) is 10.8. The quantitative estimate of drug-likeness (QED) is 0.175. The highest BCUT2D eigenvalue weighted by atomic mass is 32.2. The molecule has 2 N–H and O–H groups in total. The van der Waals surface area contributed by atoms with Gasteiger partial charge in [-0.3, -0.25) is 15.5 Å². The predicted octanol–water partition coefficient (Wildman–Crippen LogP) is 7.04. The number of thioether (sulfide) groups is 1. The van der Waals surface area contributed by atoms with Crippen molar-refractivity contribution < 1.29 is 24.2 Å². The third-order valence-corrected chi connectivity index (χ3v) is 6.68. The number of methoxy groups -OCH3 is 3. The number of carbonyl (C=O) groups excluding carboxylic acids is 1. The zero-order valence-electron chi connectivity index (χ0n) is 20.2. The molecule has 1 unspecified atom stereocenters. The molecule has 0 spiro atoms. The van der Waals surface area contributed by atoms with Crippen LogP contribution in [0.5, 0.6) is 17.2 Å². The molecule has 0 aromatic heterocycles. The molecule has 0 saturated carbocycles. The lowest BCUT2D eigenvalue weighted by Crippen LogP contribution is -2.06. The molecule has 0 aliphatic rings. The number of carbonyl (C=O) groups is 1. The van der Waals surface area contributed by atoms with Crippen LogP contribution in [0, 0.1) is 4.91 Å². The van der Waals surface area contributed by atoms with Crippen molar-refractivity contribution in [3.8, 4) is 17.2 Å². The number of allylic oxidation sites excluding steroid dienone is 2. The highest BCUT2D eigenvalue weighted by Crippen LogP contribution is 2.50. The maximum atomic E-state index is 13.4. The van der Waals surface area contributed by atoms with Gasteiger partial charge in [-0.15, -0.1) is 4.91 Å². The fourth-order valence-corrected chi connectivity index (χ4v) is 4.93. The van der Waals surface area contributed by atoms with E-state index >= 15 is 0 Å². The summed E-state index contributed by atoms with van der Waals surface area (Å²) in [6.45, 7) is 3.96. The fourth-order valence-electron chi connectivity index (χ4n) is 3.88. The zero-order chi connectivity index (χ0) is 25.5. The Kier molecular flexibility index (Phi) is 8.73. The van der Waals surface area contributed by atoms with E-state index in [4.69, 9.17) is 14.2 Å². The van der Waals surface area contributed by atoms with Crippen molar-refractivity contribution in [1.29, 1.82) is 0 Å². The monoisotopic (exact) mass is 496 g/mol. The van der Waals surface area contributed by atoms with Crippen LogP contribution in [0.2, 0.25) is 0 Å². The van der Waals surface area contributed by atoms with Crippen molar-refractivity contribution in [1.82, 2.24) is 0 Å². The van der Waals surface area contributed by atoms with Crippen molar-refractivity contribution in [2.24, 2.45) is 5.18 Å². The van der Waals surface area contributed by atoms with Gasteiger partial charge in [0.2, 0.25) is 5.12 Å². The number of hydrogen-bond donors (Lipinski definition) is 2. The Morgan fingerprint density at radius 2 is 1.77 bits per heavy atom. The van der Waals surface area contributed by atoms with E-state index in [1.54, 1.807) is 30.3 Å². The Balaban J connectivity index is 2.26. The van der Waals surface area contributed by atoms with Crippen LogP contribution in [0.4, 0.5) is 11.4 Å². The van der Waals surface area contributed by atoms with E-state index in [-0.39, 0.29) is 16.1 Å². The van der Waals surface area contributed by atoms with Gasteiger partial charge in [-0.2, -0.15) is 0 Å². The Morgan fingerprint density at radius 3 is 2.37 bits per heavy atom. The van der Waals surface area contributed by atoms with Crippen molar-refractivity contribution >= 4 is 39.0 Å². The molecule has 1 atom stereocenters. The van der Waals surface area contributed by atoms with Crippen LogP contribution in [0.25, 0.3) is 10.8 Å². The summed E-state index contributed by atoms with van der Waals surface area (Å²) in [5, 5.41) is 13.1. The molecule has 0 heterocycles. The summed E-state index contributed by atoms with van der Waals surface area (Å²) in [5.74, 6) is 1.26. The van der Waals surface area contributed by atoms with Crippen LogP contribution in [-0.4, -0.2) is 31.7 Å². The second kappa shape index (κ2) is 11.7. The van der Waals surface area contributed by atoms with Gasteiger partial charge in [0.25, 0.3) is 0 Å². The lowest BCUT2D eigenvalue weighted by atomic mass is 9.97. The summed E-state index contributed by atoms with van der Waals surface area (Å²) in [5.41, 5.74) is 4.79. The zero-order valence-corrected chi connectivity index (χ0v) is 21.1. The van der Waals surface area contributed by atoms with E-state index in [1.165, 1.54) is 33.5 Å². The van der Waals surface area contributed by atoms with Gasteiger partial charge in [-0.25, -0.2) is 0 Å². The van der Waals surface area contributed by atoms with E-state index < -0.39 is 0 Å². The number of rotatable bonds is 10. The number of nitroso groups, excluding NO2 is 1. The Hall–Kier alpha value is -3.56. The Labute approximate surface area is 208 Å². The third kappa shape index (κ3) is 5.41. The molecule has 3 aromatic carbocycles. The first kappa shape index (κ1) is 26.1. The van der Waals surface area contributed by atoms with E-state index in [2.05, 4.69) is 10.7 Å². The van der Waals surface area contributed by atoms with Crippen LogP contribution in [0.1, 0.15) is 41.4 Å². The van der Waals surface area contributed by atoms with Crippen molar-refractivity contribution in [3.63, 3.8) is 0 Å². The molecule has 0 saturated heterocycles. The average Bonchev–Trinajstić information content (AvgIpc) is 2.88. The molecule has 0 aliphatic heterocycles. The van der Waals surface area contributed by atoms with Gasteiger partial charge in [-0.05, 0) is 55.8 Å². The van der Waals surface area contributed by atoms with Crippen LogP contribution in [0.3, 0.4) is 0 Å². The topological polar surface area (TPSA) is 106 Å². The lowest BCUT2D eigenvalue weighted by molar-refractivity contribution is 0.108. The van der Waals surface area contributed by atoms with Gasteiger partial charge >= 0.3 is 0 Å². The molecule has 0 radical (unpaired) electrons. The second-order valence-electron chi connectivity index (χ2n) is 7.90. The second-order valence-corrected chi connectivity index (χ2v) is 9.07. The number of anilines is 1. The molecule has 35 heavy (non-hydrogen) atoms. The standard InChI is InChI=1S/C26H28N2O6S/c1-15(2)10-13-22(35-26(29)16-8-6-7-9-20(16)32-3)17-14-21(33-4)23-18(27-30)11-12-19(28-31)24(23)25(17)34-5/h6-12,14,22,27,30H,13H2,1-5H3. The van der Waals surface area contributed by atoms with Crippen molar-refractivity contribution in [3.05, 3.63) is 70.1 Å². The number of hydrogen-bond acceptors (Lipinski definition) is 9. The molecule has 9 heteroatoms. The molecule has 184 valence electrons. The number of ether oxygens (including phenoxy) is 3. The maximum Gasteiger partial charge on any atom is 0.223 e. The number of benzene rings is 3. The molecular formula is C26H28N2O6S. The van der Waals surface area contributed by atoms with Crippen LogP contribution in [-0.2, 0) is 0 Å². The van der Waals surface area contributed by atoms with E-state index in [0.29, 0.717) is 51.3 Å². The maximum absolute atomic E-state index is 13.4. The summed E-state index contributed by atoms with van der Waals surface area (Å²) in [7, 11) is 4.50. The van der Waals surface area contributed by atoms with Gasteiger partial charge in [0.05, 0.1) is 43.4 Å². The first-order valence-corrected chi connectivity index (χ1v) is 11.7. The largest absolute Gasteiger partial charge is 0.496 e. The number of nitrogens with zero attached hydrogens (tertiary/aromatic N) is 1. The molecule has 3 aromatic rings. The average molecular weight is 497 g/mol. The van der Waals surface area contributed by atoms with Crippen LogP contribution >= 0.6 is 11.8 Å². The molecule has 8 nitrogen and oxygen atoms in total. The molecule has 0 bridgehead atoms. The number of fused-ring (bicyclic) bond motifs is 1. The minimum absolute atomic E-state index is 0.123. The van der Waals surface area contributed by atoms with Crippen molar-refractivity contribution in [2.45, 2.75) is 25.5 Å². The summed E-state index contributed by atoms with van der Waals surface area (Å²) in [4.78, 5) is 25.1.